The number of allylic oxidation sites excluding steroid dienone is 2. The van der Waals surface area contributed by atoms with Crippen molar-refractivity contribution in [3.05, 3.63) is 66.0 Å². The lowest BCUT2D eigenvalue weighted by atomic mass is 9.76. The van der Waals surface area contributed by atoms with E-state index in [4.69, 9.17) is 14.6 Å². The third kappa shape index (κ3) is 3.38. The highest BCUT2D eigenvalue weighted by Crippen LogP contribution is 2.37. The van der Waals surface area contributed by atoms with E-state index in [0.29, 0.717) is 18.0 Å². The van der Waals surface area contributed by atoms with Gasteiger partial charge in [-0.25, -0.2) is 5.01 Å². The van der Waals surface area contributed by atoms with Crippen LogP contribution >= 0.6 is 0 Å². The topological polar surface area (TPSA) is 64.0 Å². The Hall–Kier alpha value is -3.15. The van der Waals surface area contributed by atoms with E-state index < -0.39 is 0 Å². The van der Waals surface area contributed by atoms with Gasteiger partial charge in [0.1, 0.15) is 0 Å². The zero-order valence-electron chi connectivity index (χ0n) is 16.0. The van der Waals surface area contributed by atoms with Gasteiger partial charge in [0.15, 0.2) is 11.5 Å². The van der Waals surface area contributed by atoms with Gasteiger partial charge in [-0.15, -0.1) is 0 Å². The summed E-state index contributed by atoms with van der Waals surface area (Å²) in [6.45, 7) is 0.364. The van der Waals surface area contributed by atoms with Crippen LogP contribution in [0.3, 0.4) is 0 Å². The molecule has 2 unspecified atom stereocenters. The number of hydrogen-bond donors (Lipinski definition) is 0. The van der Waals surface area contributed by atoms with Crippen molar-refractivity contribution in [2.45, 2.75) is 19.4 Å². The fourth-order valence-corrected chi connectivity index (χ4v) is 3.86. The van der Waals surface area contributed by atoms with Crippen LogP contribution < -0.4 is 9.47 Å². The van der Waals surface area contributed by atoms with Crippen LogP contribution in [0.2, 0.25) is 0 Å². The van der Waals surface area contributed by atoms with Gasteiger partial charge in [0.2, 0.25) is 5.91 Å². The molecule has 1 amide bonds. The molecule has 0 spiro atoms. The van der Waals surface area contributed by atoms with E-state index in [0.717, 1.165) is 29.8 Å². The molecule has 6 nitrogen and oxygen atoms in total. The Morgan fingerprint density at radius 1 is 1.04 bits per heavy atom. The molecule has 28 heavy (non-hydrogen) atoms. The number of benzene rings is 1. The zero-order chi connectivity index (χ0) is 19.5. The number of ether oxygens (including phenoxy) is 2. The predicted molar refractivity (Wildman–Crippen MR) is 106 cm³/mol. The first-order valence-corrected chi connectivity index (χ1v) is 9.38. The van der Waals surface area contributed by atoms with Crippen molar-refractivity contribution in [3.63, 3.8) is 0 Å². The summed E-state index contributed by atoms with van der Waals surface area (Å²) in [5.41, 5.74) is 2.67. The highest BCUT2D eigenvalue weighted by atomic mass is 16.5. The molecule has 2 aliphatic rings. The van der Waals surface area contributed by atoms with Crippen LogP contribution in [-0.4, -0.2) is 35.8 Å². The summed E-state index contributed by atoms with van der Waals surface area (Å²) in [4.78, 5) is 17.4. The van der Waals surface area contributed by atoms with Crippen LogP contribution in [0.4, 0.5) is 0 Å². The third-order valence-corrected chi connectivity index (χ3v) is 5.30. The minimum absolute atomic E-state index is 0.0595. The highest BCUT2D eigenvalue weighted by molar-refractivity contribution is 6.07. The molecule has 2 atom stereocenters. The number of nitrogens with zero attached hydrogens (tertiary/aromatic N) is 3. The molecule has 1 aromatic carbocycles. The van der Waals surface area contributed by atoms with Gasteiger partial charge in [-0.05, 0) is 43.2 Å². The molecule has 0 fully saturated rings. The molecule has 144 valence electrons. The summed E-state index contributed by atoms with van der Waals surface area (Å²) < 4.78 is 10.8. The minimum Gasteiger partial charge on any atom is -0.493 e. The largest absolute Gasteiger partial charge is 0.493 e. The molecular formula is C22H23N3O3. The summed E-state index contributed by atoms with van der Waals surface area (Å²) >= 11 is 0. The molecule has 0 bridgehead atoms. The first kappa shape index (κ1) is 18.2. The van der Waals surface area contributed by atoms with E-state index in [9.17, 15) is 4.79 Å². The number of carbonyl (C=O) groups excluding carboxylic acids is 1. The molecule has 1 aromatic heterocycles. The molecule has 2 heterocycles. The number of carbonyl (C=O) groups is 1. The highest BCUT2D eigenvalue weighted by Gasteiger charge is 2.40. The summed E-state index contributed by atoms with van der Waals surface area (Å²) in [6, 6.07) is 11.5. The summed E-state index contributed by atoms with van der Waals surface area (Å²) in [7, 11) is 3.23. The lowest BCUT2D eigenvalue weighted by Gasteiger charge is -2.36. The fraction of sp³-hybridized carbons (Fsp3) is 0.318. The molecule has 0 radical (unpaired) electrons. The molecule has 0 N–H and O–H groups in total. The van der Waals surface area contributed by atoms with Crippen molar-refractivity contribution in [2.24, 2.45) is 16.9 Å². The first-order chi connectivity index (χ1) is 13.7. The van der Waals surface area contributed by atoms with Crippen LogP contribution in [0.1, 0.15) is 24.1 Å². The predicted octanol–water partition coefficient (Wildman–Crippen LogP) is 3.43. The van der Waals surface area contributed by atoms with Crippen molar-refractivity contribution >= 4 is 11.6 Å². The van der Waals surface area contributed by atoms with Gasteiger partial charge >= 0.3 is 0 Å². The Balaban J connectivity index is 1.74. The molecule has 1 aliphatic heterocycles. The Bertz CT molecular complexity index is 924. The van der Waals surface area contributed by atoms with Gasteiger partial charge in [0, 0.05) is 17.7 Å². The number of hydrogen-bond acceptors (Lipinski definition) is 5. The second-order valence-electron chi connectivity index (χ2n) is 6.93. The molecular weight excluding hydrogens is 354 g/mol. The Kier molecular flexibility index (Phi) is 5.10. The maximum atomic E-state index is 13.1. The number of pyridine rings is 1. The van der Waals surface area contributed by atoms with E-state index in [-0.39, 0.29) is 17.7 Å². The average Bonchev–Trinajstić information content (AvgIpc) is 2.76. The second kappa shape index (κ2) is 7.84. The maximum absolute atomic E-state index is 13.1. The van der Waals surface area contributed by atoms with Crippen molar-refractivity contribution in [1.29, 1.82) is 0 Å². The van der Waals surface area contributed by atoms with E-state index >= 15 is 0 Å². The van der Waals surface area contributed by atoms with Gasteiger partial charge < -0.3 is 9.47 Å². The van der Waals surface area contributed by atoms with E-state index in [1.807, 2.05) is 36.4 Å². The summed E-state index contributed by atoms with van der Waals surface area (Å²) in [6.07, 6.45) is 7.50. The molecule has 0 saturated heterocycles. The number of hydrazone groups is 1. The Morgan fingerprint density at radius 3 is 2.54 bits per heavy atom. The van der Waals surface area contributed by atoms with Crippen molar-refractivity contribution in [2.75, 3.05) is 14.2 Å². The van der Waals surface area contributed by atoms with Crippen molar-refractivity contribution in [1.82, 2.24) is 9.99 Å². The van der Waals surface area contributed by atoms with Gasteiger partial charge in [-0.3, -0.25) is 9.78 Å². The smallest absolute Gasteiger partial charge is 0.247 e. The molecule has 1 aliphatic carbocycles. The SMILES string of the molecule is COc1ccc(C2=NN(Cc3ccccn3)C(=O)C3CC=CCC23)cc1OC. The molecule has 0 saturated carbocycles. The van der Waals surface area contributed by atoms with Crippen molar-refractivity contribution in [3.8, 4) is 11.5 Å². The first-order valence-electron chi connectivity index (χ1n) is 9.38. The lowest BCUT2D eigenvalue weighted by molar-refractivity contribution is -0.138. The van der Waals surface area contributed by atoms with E-state index in [1.54, 1.807) is 25.4 Å². The average molecular weight is 377 g/mol. The Morgan fingerprint density at radius 2 is 1.82 bits per heavy atom. The third-order valence-electron chi connectivity index (χ3n) is 5.30. The standard InChI is InChI=1S/C22H23N3O3/c1-27-19-11-10-15(13-20(19)28-2)21-17-8-3-4-9-18(17)22(26)25(24-21)14-16-7-5-6-12-23-16/h3-7,10-13,17-18H,8-9,14H2,1-2H3. The number of rotatable bonds is 5. The van der Waals surface area contributed by atoms with Gasteiger partial charge in [0.05, 0.1) is 38.1 Å². The van der Waals surface area contributed by atoms with Gasteiger partial charge in [-0.2, -0.15) is 5.10 Å². The molecule has 4 rings (SSSR count). The van der Waals surface area contributed by atoms with E-state index in [2.05, 4.69) is 17.1 Å². The number of fused-ring (bicyclic) bond motifs is 1. The van der Waals surface area contributed by atoms with Crippen LogP contribution in [-0.2, 0) is 11.3 Å². The summed E-state index contributed by atoms with van der Waals surface area (Å²) in [5.74, 6) is 1.34. The molecule has 6 heteroatoms. The van der Waals surface area contributed by atoms with Gasteiger partial charge in [-0.1, -0.05) is 18.2 Å². The normalized spacial score (nSPS) is 21.1. The summed E-state index contributed by atoms with van der Waals surface area (Å²) in [5, 5.41) is 6.34. The van der Waals surface area contributed by atoms with Gasteiger partial charge in [0.25, 0.3) is 0 Å². The van der Waals surface area contributed by atoms with Crippen LogP contribution in [0, 0.1) is 11.8 Å². The fourth-order valence-electron chi connectivity index (χ4n) is 3.86. The quantitative estimate of drug-likeness (QED) is 0.749. The van der Waals surface area contributed by atoms with Crippen LogP contribution in [0.25, 0.3) is 0 Å². The Labute approximate surface area is 164 Å². The monoisotopic (exact) mass is 377 g/mol. The number of amides is 1. The molecule has 2 aromatic rings. The zero-order valence-corrected chi connectivity index (χ0v) is 16.0. The van der Waals surface area contributed by atoms with E-state index in [1.165, 1.54) is 0 Å². The second-order valence-corrected chi connectivity index (χ2v) is 6.93. The van der Waals surface area contributed by atoms with Crippen LogP contribution in [0.5, 0.6) is 11.5 Å². The number of aromatic nitrogens is 1. The lowest BCUT2D eigenvalue weighted by Crippen LogP contribution is -2.45. The van der Waals surface area contributed by atoms with Crippen LogP contribution in [0.15, 0.2) is 59.8 Å². The minimum atomic E-state index is -0.102. The number of methoxy groups -OCH3 is 2. The van der Waals surface area contributed by atoms with Crippen molar-refractivity contribution < 1.29 is 14.3 Å². The maximum Gasteiger partial charge on any atom is 0.247 e.